The van der Waals surface area contributed by atoms with Gasteiger partial charge in [-0.1, -0.05) is 68.0 Å². The van der Waals surface area contributed by atoms with Crippen LogP contribution in [0.5, 0.6) is 0 Å². The van der Waals surface area contributed by atoms with Crippen LogP contribution in [0.1, 0.15) is 50.4 Å². The summed E-state index contributed by atoms with van der Waals surface area (Å²) < 4.78 is 5.43. The van der Waals surface area contributed by atoms with Crippen molar-refractivity contribution in [3.05, 3.63) is 53.8 Å². The smallest absolute Gasteiger partial charge is 0.239 e. The number of hydrogen-bond donors (Lipinski definition) is 0. The predicted molar refractivity (Wildman–Crippen MR) is 99.5 cm³/mol. The van der Waals surface area contributed by atoms with Gasteiger partial charge in [0.2, 0.25) is 5.89 Å². The first-order valence-electron chi connectivity index (χ1n) is 8.25. The minimum Gasteiger partial charge on any atom is -0.338 e. The number of benzene rings is 1. The lowest BCUT2D eigenvalue weighted by Crippen LogP contribution is -2.13. The molecular formula is C19H22N4OS. The molecule has 5 nitrogen and oxygen atoms in total. The van der Waals surface area contributed by atoms with Gasteiger partial charge < -0.3 is 4.52 Å². The van der Waals surface area contributed by atoms with E-state index < -0.39 is 0 Å². The SMILES string of the molecule is Cc1cc(-c2ccccc2)nc(S[C@@H](C)c2nc(C(C)(C)C)no2)n1. The van der Waals surface area contributed by atoms with Gasteiger partial charge in [0.25, 0.3) is 0 Å². The van der Waals surface area contributed by atoms with Crippen molar-refractivity contribution in [3.63, 3.8) is 0 Å². The second-order valence-corrected chi connectivity index (χ2v) is 8.32. The van der Waals surface area contributed by atoms with E-state index in [9.17, 15) is 0 Å². The maximum atomic E-state index is 5.43. The molecule has 0 saturated heterocycles. The molecule has 0 bridgehead atoms. The lowest BCUT2D eigenvalue weighted by molar-refractivity contribution is 0.364. The number of aromatic nitrogens is 4. The highest BCUT2D eigenvalue weighted by Gasteiger charge is 2.24. The highest BCUT2D eigenvalue weighted by Crippen LogP contribution is 2.34. The zero-order chi connectivity index (χ0) is 18.0. The van der Waals surface area contributed by atoms with Crippen LogP contribution in [-0.4, -0.2) is 20.1 Å². The first kappa shape index (κ1) is 17.6. The van der Waals surface area contributed by atoms with E-state index in [-0.39, 0.29) is 10.7 Å². The summed E-state index contributed by atoms with van der Waals surface area (Å²) in [6.45, 7) is 10.2. The van der Waals surface area contributed by atoms with Crippen molar-refractivity contribution in [2.45, 2.75) is 50.4 Å². The van der Waals surface area contributed by atoms with Gasteiger partial charge in [0.05, 0.1) is 10.9 Å². The summed E-state index contributed by atoms with van der Waals surface area (Å²) in [5.74, 6) is 1.31. The van der Waals surface area contributed by atoms with E-state index in [4.69, 9.17) is 4.52 Å². The number of thioether (sulfide) groups is 1. The van der Waals surface area contributed by atoms with Crippen molar-refractivity contribution in [2.75, 3.05) is 0 Å². The fraction of sp³-hybridized carbons (Fsp3) is 0.368. The first-order chi connectivity index (χ1) is 11.8. The van der Waals surface area contributed by atoms with Crippen molar-refractivity contribution in [1.82, 2.24) is 20.1 Å². The Balaban J connectivity index is 1.83. The lowest BCUT2D eigenvalue weighted by Gasteiger charge is -2.11. The standard InChI is InChI=1S/C19H22N4OS/c1-12-11-15(14-9-7-6-8-10-14)21-18(20-12)25-13(2)16-22-17(23-24-16)19(3,4)5/h6-11,13H,1-5H3/t13-/m0/s1. The molecule has 3 rings (SSSR count). The van der Waals surface area contributed by atoms with Crippen LogP contribution in [0.3, 0.4) is 0 Å². The van der Waals surface area contributed by atoms with Crippen LogP contribution in [0.15, 0.2) is 46.1 Å². The second kappa shape index (κ2) is 6.96. The van der Waals surface area contributed by atoms with Gasteiger partial charge in [0, 0.05) is 16.7 Å². The Kier molecular flexibility index (Phi) is 4.90. The fourth-order valence-electron chi connectivity index (χ4n) is 2.26. The zero-order valence-corrected chi connectivity index (χ0v) is 16.0. The third-order valence-corrected chi connectivity index (χ3v) is 4.59. The predicted octanol–water partition coefficient (Wildman–Crippen LogP) is 4.99. The highest BCUT2D eigenvalue weighted by atomic mass is 32.2. The Labute approximate surface area is 152 Å². The van der Waals surface area contributed by atoms with E-state index in [2.05, 4.69) is 40.9 Å². The van der Waals surface area contributed by atoms with Crippen molar-refractivity contribution < 1.29 is 4.52 Å². The summed E-state index contributed by atoms with van der Waals surface area (Å²) in [4.78, 5) is 13.8. The molecule has 0 aliphatic heterocycles. The van der Waals surface area contributed by atoms with Crippen LogP contribution < -0.4 is 0 Å². The summed E-state index contributed by atoms with van der Waals surface area (Å²) >= 11 is 1.53. The molecule has 3 aromatic rings. The Hall–Kier alpha value is -2.21. The molecule has 6 heteroatoms. The molecule has 0 aliphatic carbocycles. The third-order valence-electron chi connectivity index (χ3n) is 3.65. The maximum absolute atomic E-state index is 5.43. The summed E-state index contributed by atoms with van der Waals surface area (Å²) in [5.41, 5.74) is 2.80. The van der Waals surface area contributed by atoms with E-state index in [1.807, 2.05) is 50.2 Å². The van der Waals surface area contributed by atoms with Crippen LogP contribution in [0.25, 0.3) is 11.3 Å². The monoisotopic (exact) mass is 354 g/mol. The Morgan fingerprint density at radius 2 is 1.76 bits per heavy atom. The second-order valence-electron chi connectivity index (χ2n) is 7.01. The molecule has 0 saturated carbocycles. The first-order valence-corrected chi connectivity index (χ1v) is 9.13. The molecule has 0 N–H and O–H groups in total. The number of hydrogen-bond acceptors (Lipinski definition) is 6. The van der Waals surface area contributed by atoms with Crippen molar-refractivity contribution >= 4 is 11.8 Å². The normalized spacial score (nSPS) is 13.0. The van der Waals surface area contributed by atoms with Gasteiger partial charge in [-0.2, -0.15) is 4.98 Å². The molecule has 0 radical (unpaired) electrons. The molecular weight excluding hydrogens is 332 g/mol. The summed E-state index contributed by atoms with van der Waals surface area (Å²) in [5, 5.41) is 4.78. The van der Waals surface area contributed by atoms with Gasteiger partial charge in [-0.05, 0) is 19.9 Å². The average Bonchev–Trinajstić information content (AvgIpc) is 3.05. The van der Waals surface area contributed by atoms with Crippen molar-refractivity contribution in [2.24, 2.45) is 0 Å². The van der Waals surface area contributed by atoms with Crippen LogP contribution in [0.4, 0.5) is 0 Å². The lowest BCUT2D eigenvalue weighted by atomic mass is 9.96. The summed E-state index contributed by atoms with van der Waals surface area (Å²) in [7, 11) is 0. The van der Waals surface area contributed by atoms with E-state index in [1.54, 1.807) is 0 Å². The van der Waals surface area contributed by atoms with Gasteiger partial charge in [0.1, 0.15) is 0 Å². The quantitative estimate of drug-likeness (QED) is 0.486. The molecule has 130 valence electrons. The molecule has 2 aromatic heterocycles. The topological polar surface area (TPSA) is 64.7 Å². The van der Waals surface area contributed by atoms with Crippen LogP contribution in [0.2, 0.25) is 0 Å². The van der Waals surface area contributed by atoms with Crippen LogP contribution in [0, 0.1) is 6.92 Å². The Bertz CT molecular complexity index is 855. The van der Waals surface area contributed by atoms with E-state index >= 15 is 0 Å². The molecule has 1 aromatic carbocycles. The number of aryl methyl sites for hydroxylation is 1. The maximum Gasteiger partial charge on any atom is 0.239 e. The van der Waals surface area contributed by atoms with Crippen LogP contribution >= 0.6 is 11.8 Å². The van der Waals surface area contributed by atoms with Gasteiger partial charge in [-0.3, -0.25) is 0 Å². The Morgan fingerprint density at radius 1 is 1.04 bits per heavy atom. The van der Waals surface area contributed by atoms with Crippen LogP contribution in [-0.2, 0) is 5.41 Å². The highest BCUT2D eigenvalue weighted by molar-refractivity contribution is 7.99. The van der Waals surface area contributed by atoms with Gasteiger partial charge in [0.15, 0.2) is 11.0 Å². The summed E-state index contributed by atoms with van der Waals surface area (Å²) in [6, 6.07) is 12.1. The van der Waals surface area contributed by atoms with E-state index in [0.717, 1.165) is 17.0 Å². The molecule has 0 fully saturated rings. The molecule has 25 heavy (non-hydrogen) atoms. The van der Waals surface area contributed by atoms with Crippen molar-refractivity contribution in [3.8, 4) is 11.3 Å². The zero-order valence-electron chi connectivity index (χ0n) is 15.1. The van der Waals surface area contributed by atoms with Gasteiger partial charge >= 0.3 is 0 Å². The molecule has 0 amide bonds. The minimum atomic E-state index is -0.132. The van der Waals surface area contributed by atoms with Crippen molar-refractivity contribution in [1.29, 1.82) is 0 Å². The van der Waals surface area contributed by atoms with E-state index in [0.29, 0.717) is 16.9 Å². The summed E-state index contributed by atoms with van der Waals surface area (Å²) in [6.07, 6.45) is 0. The molecule has 0 spiro atoms. The molecule has 0 aliphatic rings. The largest absolute Gasteiger partial charge is 0.338 e. The Morgan fingerprint density at radius 3 is 2.40 bits per heavy atom. The number of nitrogens with zero attached hydrogens (tertiary/aromatic N) is 4. The number of rotatable bonds is 4. The van der Waals surface area contributed by atoms with Gasteiger partial charge in [-0.15, -0.1) is 0 Å². The minimum absolute atomic E-state index is 0.0194. The molecule has 0 unspecified atom stereocenters. The van der Waals surface area contributed by atoms with E-state index in [1.165, 1.54) is 11.8 Å². The molecule has 2 heterocycles. The molecule has 1 atom stereocenters. The fourth-order valence-corrected chi connectivity index (χ4v) is 3.12. The third kappa shape index (κ3) is 4.25. The average molecular weight is 354 g/mol. The van der Waals surface area contributed by atoms with Gasteiger partial charge in [-0.25, -0.2) is 9.97 Å².